The third-order valence-corrected chi connectivity index (χ3v) is 3.71. The van der Waals surface area contributed by atoms with Crippen molar-refractivity contribution in [2.24, 2.45) is 0 Å². The number of hydrogen-bond acceptors (Lipinski definition) is 4. The molecule has 0 saturated heterocycles. The fourth-order valence-corrected chi connectivity index (χ4v) is 2.52. The Morgan fingerprint density at radius 2 is 2.00 bits per heavy atom. The first-order chi connectivity index (χ1) is 9.36. The molecule has 0 spiro atoms. The lowest BCUT2D eigenvalue weighted by molar-refractivity contribution is 0.111. The van der Waals surface area contributed by atoms with Crippen LogP contribution in [0.2, 0.25) is 0 Å². The Balaban J connectivity index is 1.82. The molecule has 3 aromatic rings. The highest BCUT2D eigenvalue weighted by molar-refractivity contribution is 7.13. The summed E-state index contributed by atoms with van der Waals surface area (Å²) in [5.41, 5.74) is 4.71. The van der Waals surface area contributed by atoms with E-state index in [9.17, 15) is 4.79 Å². The molecule has 94 valence electrons. The van der Waals surface area contributed by atoms with Crippen molar-refractivity contribution in [3.05, 3.63) is 59.8 Å². The van der Waals surface area contributed by atoms with Gasteiger partial charge < -0.3 is 4.57 Å². The molecule has 0 aliphatic rings. The Morgan fingerprint density at radius 1 is 1.16 bits per heavy atom. The molecular weight excluding hydrogens is 258 g/mol. The molecule has 0 aliphatic heterocycles. The summed E-state index contributed by atoms with van der Waals surface area (Å²) in [7, 11) is 0. The summed E-state index contributed by atoms with van der Waals surface area (Å²) in [6, 6.07) is 8.26. The molecule has 0 bridgehead atoms. The smallest absolute Gasteiger partial charge is 0.168 e. The van der Waals surface area contributed by atoms with E-state index in [-0.39, 0.29) is 0 Å². The molecule has 1 aromatic carbocycles. The number of aldehydes is 1. The molecule has 0 saturated carbocycles. The number of hydrogen-bond donors (Lipinski definition) is 0. The average Bonchev–Trinajstić information content (AvgIpc) is 3.10. The summed E-state index contributed by atoms with van der Waals surface area (Å²) in [6.07, 6.45) is 5.91. The van der Waals surface area contributed by atoms with E-state index < -0.39 is 0 Å². The van der Waals surface area contributed by atoms with Gasteiger partial charge in [-0.2, -0.15) is 0 Å². The molecular formula is C14H11N3OS. The maximum Gasteiger partial charge on any atom is 0.168 e. The van der Waals surface area contributed by atoms with E-state index in [0.717, 1.165) is 22.3 Å². The second kappa shape index (κ2) is 5.16. The van der Waals surface area contributed by atoms with Gasteiger partial charge in [-0.05, 0) is 11.1 Å². The van der Waals surface area contributed by atoms with Gasteiger partial charge in [0.1, 0.15) is 5.69 Å². The van der Waals surface area contributed by atoms with Crippen molar-refractivity contribution >= 4 is 17.6 Å². The summed E-state index contributed by atoms with van der Waals surface area (Å²) in [4.78, 5) is 20.0. The molecule has 0 aliphatic carbocycles. The van der Waals surface area contributed by atoms with Crippen LogP contribution in [0.15, 0.2) is 48.5 Å². The maximum atomic E-state index is 10.8. The van der Waals surface area contributed by atoms with E-state index in [2.05, 4.69) is 34.2 Å². The van der Waals surface area contributed by atoms with Crippen LogP contribution in [0.1, 0.15) is 16.1 Å². The van der Waals surface area contributed by atoms with Gasteiger partial charge in [0.05, 0.1) is 22.9 Å². The normalized spacial score (nSPS) is 10.5. The molecule has 0 radical (unpaired) electrons. The first-order valence-electron chi connectivity index (χ1n) is 5.80. The Morgan fingerprint density at radius 3 is 2.68 bits per heavy atom. The van der Waals surface area contributed by atoms with Crippen LogP contribution >= 0.6 is 11.3 Å². The van der Waals surface area contributed by atoms with Gasteiger partial charge >= 0.3 is 0 Å². The van der Waals surface area contributed by atoms with Crippen molar-refractivity contribution in [3.63, 3.8) is 0 Å². The zero-order valence-electron chi connectivity index (χ0n) is 10.1. The summed E-state index contributed by atoms with van der Waals surface area (Å²) in [5.74, 6) is 0. The summed E-state index contributed by atoms with van der Waals surface area (Å²) >= 11 is 1.62. The molecule has 2 heterocycles. The first-order valence-corrected chi connectivity index (χ1v) is 6.68. The molecule has 4 nitrogen and oxygen atoms in total. The minimum absolute atomic E-state index is 0.589. The van der Waals surface area contributed by atoms with Crippen molar-refractivity contribution in [1.82, 2.24) is 14.5 Å². The highest BCUT2D eigenvalue weighted by Crippen LogP contribution is 2.23. The van der Waals surface area contributed by atoms with E-state index in [1.165, 1.54) is 0 Å². The lowest BCUT2D eigenvalue weighted by atomic mass is 10.1. The second-order valence-corrected chi connectivity index (χ2v) is 5.01. The van der Waals surface area contributed by atoms with E-state index >= 15 is 0 Å². The molecule has 2 aromatic heterocycles. The number of aromatic nitrogens is 3. The van der Waals surface area contributed by atoms with Crippen molar-refractivity contribution < 1.29 is 4.79 Å². The number of carbonyl (C=O) groups is 1. The van der Waals surface area contributed by atoms with Crippen LogP contribution < -0.4 is 0 Å². The summed E-state index contributed by atoms with van der Waals surface area (Å²) in [5, 5.41) is 0. The minimum atomic E-state index is 0.589. The predicted molar refractivity (Wildman–Crippen MR) is 74.3 cm³/mol. The number of carbonyl (C=O) groups excluding carboxylic acids is 1. The van der Waals surface area contributed by atoms with Crippen molar-refractivity contribution in [1.29, 1.82) is 0 Å². The average molecular weight is 269 g/mol. The number of thiazole rings is 1. The lowest BCUT2D eigenvalue weighted by Crippen LogP contribution is -2.02. The van der Waals surface area contributed by atoms with Gasteiger partial charge in [-0.1, -0.05) is 24.3 Å². The van der Waals surface area contributed by atoms with Crippen LogP contribution in [-0.2, 0) is 6.54 Å². The largest absolute Gasteiger partial charge is 0.324 e. The quantitative estimate of drug-likeness (QED) is 0.684. The number of nitrogens with zero attached hydrogens (tertiary/aromatic N) is 3. The molecule has 0 atom stereocenters. The van der Waals surface area contributed by atoms with Gasteiger partial charge in [-0.25, -0.2) is 4.98 Å². The van der Waals surface area contributed by atoms with Crippen molar-refractivity contribution in [2.45, 2.75) is 6.54 Å². The van der Waals surface area contributed by atoms with E-state index in [1.54, 1.807) is 23.9 Å². The van der Waals surface area contributed by atoms with Gasteiger partial charge in [0.25, 0.3) is 0 Å². The predicted octanol–water partition coefficient (Wildman–Crippen LogP) is 2.87. The number of imidazole rings is 1. The van der Waals surface area contributed by atoms with Crippen LogP contribution in [0, 0.1) is 0 Å². The monoisotopic (exact) mass is 269 g/mol. The Hall–Kier alpha value is -2.27. The van der Waals surface area contributed by atoms with E-state index in [0.29, 0.717) is 12.2 Å². The van der Waals surface area contributed by atoms with Gasteiger partial charge in [-0.3, -0.25) is 9.78 Å². The lowest BCUT2D eigenvalue weighted by Gasteiger charge is -2.05. The fraction of sp³-hybridized carbons (Fsp3) is 0.0714. The topological polar surface area (TPSA) is 47.8 Å². The van der Waals surface area contributed by atoms with Gasteiger partial charge in [0.2, 0.25) is 0 Å². The van der Waals surface area contributed by atoms with Crippen molar-refractivity contribution in [2.75, 3.05) is 0 Å². The van der Waals surface area contributed by atoms with Gasteiger partial charge in [0, 0.05) is 12.7 Å². The fourth-order valence-electron chi connectivity index (χ4n) is 1.89. The molecule has 0 unspecified atom stereocenters. The van der Waals surface area contributed by atoms with E-state index in [4.69, 9.17) is 0 Å². The van der Waals surface area contributed by atoms with Crippen LogP contribution in [0.4, 0.5) is 0 Å². The van der Waals surface area contributed by atoms with E-state index in [1.807, 2.05) is 16.3 Å². The minimum Gasteiger partial charge on any atom is -0.324 e. The zero-order valence-corrected chi connectivity index (χ0v) is 10.9. The van der Waals surface area contributed by atoms with Crippen molar-refractivity contribution in [3.8, 4) is 10.4 Å². The first kappa shape index (κ1) is 11.8. The number of benzene rings is 1. The standard InChI is InChI=1S/C14H11N3OS/c18-8-13-5-15-9-17(13)7-11-1-3-12(4-2-11)14-6-16-10-19-14/h1-6,8-10H,7H2. The zero-order chi connectivity index (χ0) is 13.1. The Kier molecular flexibility index (Phi) is 3.20. The molecule has 0 N–H and O–H groups in total. The highest BCUT2D eigenvalue weighted by atomic mass is 32.1. The third-order valence-electron chi connectivity index (χ3n) is 2.89. The molecule has 0 amide bonds. The molecule has 19 heavy (non-hydrogen) atoms. The van der Waals surface area contributed by atoms with Crippen LogP contribution in [-0.4, -0.2) is 20.8 Å². The van der Waals surface area contributed by atoms with Gasteiger partial charge in [-0.15, -0.1) is 11.3 Å². The third kappa shape index (κ3) is 2.46. The summed E-state index contributed by atoms with van der Waals surface area (Å²) in [6.45, 7) is 0.650. The second-order valence-electron chi connectivity index (χ2n) is 4.13. The summed E-state index contributed by atoms with van der Waals surface area (Å²) < 4.78 is 1.83. The van der Waals surface area contributed by atoms with Crippen LogP contribution in [0.25, 0.3) is 10.4 Å². The highest BCUT2D eigenvalue weighted by Gasteiger charge is 2.03. The Bertz CT molecular complexity index is 671. The SMILES string of the molecule is O=Cc1cncn1Cc1ccc(-c2cncs2)cc1. The Labute approximate surface area is 114 Å². The molecule has 5 heteroatoms. The number of rotatable bonds is 4. The van der Waals surface area contributed by atoms with Crippen LogP contribution in [0.5, 0.6) is 0 Å². The maximum absolute atomic E-state index is 10.8. The van der Waals surface area contributed by atoms with Crippen LogP contribution in [0.3, 0.4) is 0 Å². The molecule has 3 rings (SSSR count). The van der Waals surface area contributed by atoms with Gasteiger partial charge in [0.15, 0.2) is 6.29 Å². The molecule has 0 fully saturated rings.